The number of hydrogen-bond donors (Lipinski definition) is 1. The first-order valence-corrected chi connectivity index (χ1v) is 6.72. The molecule has 0 atom stereocenters. The number of hydrogen-bond acceptors (Lipinski definition) is 2. The number of aromatic nitrogens is 2. The van der Waals surface area contributed by atoms with E-state index in [-0.39, 0.29) is 0 Å². The van der Waals surface area contributed by atoms with Crippen molar-refractivity contribution in [2.24, 2.45) is 0 Å². The van der Waals surface area contributed by atoms with Gasteiger partial charge in [-0.1, -0.05) is 6.07 Å². The van der Waals surface area contributed by atoms with Crippen molar-refractivity contribution in [1.82, 2.24) is 9.78 Å². The number of fused-ring (bicyclic) bond motifs is 1. The van der Waals surface area contributed by atoms with Gasteiger partial charge in [0.25, 0.3) is 0 Å². The van der Waals surface area contributed by atoms with Crippen LogP contribution in [0.5, 0.6) is 0 Å². The lowest BCUT2D eigenvalue weighted by Crippen LogP contribution is -1.99. The molecule has 1 aromatic heterocycles. The van der Waals surface area contributed by atoms with Gasteiger partial charge in [0.1, 0.15) is 0 Å². The van der Waals surface area contributed by atoms with Gasteiger partial charge in [-0.2, -0.15) is 5.10 Å². The van der Waals surface area contributed by atoms with E-state index in [1.54, 1.807) is 0 Å². The van der Waals surface area contributed by atoms with Crippen molar-refractivity contribution < 1.29 is 0 Å². The zero-order valence-electron chi connectivity index (χ0n) is 10.8. The predicted octanol–water partition coefficient (Wildman–Crippen LogP) is 3.00. The molecule has 0 saturated carbocycles. The van der Waals surface area contributed by atoms with Crippen LogP contribution < -0.4 is 5.32 Å². The van der Waals surface area contributed by atoms with Gasteiger partial charge in [0.05, 0.1) is 6.20 Å². The molecule has 0 spiro atoms. The summed E-state index contributed by atoms with van der Waals surface area (Å²) in [4.78, 5) is 0. The molecule has 2 aromatic rings. The van der Waals surface area contributed by atoms with E-state index in [2.05, 4.69) is 41.7 Å². The topological polar surface area (TPSA) is 29.9 Å². The van der Waals surface area contributed by atoms with E-state index in [9.17, 15) is 0 Å². The van der Waals surface area contributed by atoms with Gasteiger partial charge in [-0.05, 0) is 49.4 Å². The number of rotatable bonds is 4. The lowest BCUT2D eigenvalue weighted by atomic mass is 10.1. The number of benzene rings is 1. The average molecular weight is 241 g/mol. The molecule has 1 aliphatic rings. The molecule has 18 heavy (non-hydrogen) atoms. The minimum absolute atomic E-state index is 0.846. The zero-order chi connectivity index (χ0) is 12.4. The van der Waals surface area contributed by atoms with E-state index in [4.69, 9.17) is 0 Å². The Kier molecular flexibility index (Phi) is 3.05. The highest BCUT2D eigenvalue weighted by atomic mass is 15.3. The molecule has 1 N–H and O–H groups in total. The van der Waals surface area contributed by atoms with E-state index < -0.39 is 0 Å². The smallest absolute Gasteiger partial charge is 0.0539 e. The first kappa shape index (κ1) is 11.3. The Balaban J connectivity index is 1.66. The van der Waals surface area contributed by atoms with Crippen LogP contribution in [0, 0.1) is 0 Å². The van der Waals surface area contributed by atoms with E-state index in [1.165, 1.54) is 41.6 Å². The molecule has 0 fully saturated rings. The first-order chi connectivity index (χ1) is 8.85. The van der Waals surface area contributed by atoms with Crippen molar-refractivity contribution in [2.45, 2.75) is 39.3 Å². The number of aryl methyl sites for hydroxylation is 3. The fourth-order valence-corrected chi connectivity index (χ4v) is 2.56. The van der Waals surface area contributed by atoms with Crippen LogP contribution in [0.15, 0.2) is 30.6 Å². The fraction of sp³-hybridized carbons (Fsp3) is 0.400. The van der Waals surface area contributed by atoms with Gasteiger partial charge < -0.3 is 5.32 Å². The predicted molar refractivity (Wildman–Crippen MR) is 73.7 cm³/mol. The van der Waals surface area contributed by atoms with Crippen molar-refractivity contribution in [2.75, 3.05) is 5.32 Å². The molecule has 3 rings (SSSR count). The van der Waals surface area contributed by atoms with Crippen LogP contribution in [0.4, 0.5) is 5.69 Å². The molecule has 1 aromatic carbocycles. The molecule has 0 amide bonds. The van der Waals surface area contributed by atoms with Gasteiger partial charge in [-0.25, -0.2) is 0 Å². The van der Waals surface area contributed by atoms with Crippen LogP contribution in [-0.4, -0.2) is 9.78 Å². The molecule has 0 saturated heterocycles. The Bertz CT molecular complexity index is 542. The lowest BCUT2D eigenvalue weighted by molar-refractivity contribution is 0.659. The SMILES string of the molecule is CCn1cc(CNc2ccc3c(c2)CCC3)cn1. The first-order valence-electron chi connectivity index (χ1n) is 6.72. The van der Waals surface area contributed by atoms with Crippen LogP contribution in [0.2, 0.25) is 0 Å². The zero-order valence-corrected chi connectivity index (χ0v) is 10.8. The molecular formula is C15H19N3. The molecule has 1 aliphatic carbocycles. The summed E-state index contributed by atoms with van der Waals surface area (Å²) >= 11 is 0. The van der Waals surface area contributed by atoms with E-state index in [0.29, 0.717) is 0 Å². The maximum absolute atomic E-state index is 4.28. The standard InChI is InChI=1S/C15H19N3/c1-2-18-11-12(10-17-18)9-16-15-7-6-13-4-3-5-14(13)8-15/h6-8,10-11,16H,2-5,9H2,1H3. The second kappa shape index (κ2) is 4.84. The maximum Gasteiger partial charge on any atom is 0.0539 e. The van der Waals surface area contributed by atoms with Gasteiger partial charge in [0.15, 0.2) is 0 Å². The summed E-state index contributed by atoms with van der Waals surface area (Å²) in [6.07, 6.45) is 7.82. The molecule has 94 valence electrons. The van der Waals surface area contributed by atoms with Gasteiger partial charge >= 0.3 is 0 Å². The van der Waals surface area contributed by atoms with Crippen molar-refractivity contribution in [3.8, 4) is 0 Å². The minimum Gasteiger partial charge on any atom is -0.381 e. The summed E-state index contributed by atoms with van der Waals surface area (Å²) in [7, 11) is 0. The van der Waals surface area contributed by atoms with Crippen molar-refractivity contribution >= 4 is 5.69 Å². The molecule has 0 bridgehead atoms. The summed E-state index contributed by atoms with van der Waals surface area (Å²) in [6, 6.07) is 6.75. The Morgan fingerprint density at radius 1 is 1.28 bits per heavy atom. The summed E-state index contributed by atoms with van der Waals surface area (Å²) in [5.74, 6) is 0. The van der Waals surface area contributed by atoms with Crippen LogP contribution >= 0.6 is 0 Å². The number of nitrogens with zero attached hydrogens (tertiary/aromatic N) is 2. The monoisotopic (exact) mass is 241 g/mol. The fourth-order valence-electron chi connectivity index (χ4n) is 2.56. The van der Waals surface area contributed by atoms with E-state index in [1.807, 2.05) is 10.9 Å². The normalized spacial score (nSPS) is 13.6. The highest BCUT2D eigenvalue weighted by Crippen LogP contribution is 2.25. The molecule has 0 aliphatic heterocycles. The average Bonchev–Trinajstić information content (AvgIpc) is 3.04. The Labute approximate surface area is 108 Å². The second-order valence-electron chi connectivity index (χ2n) is 4.89. The van der Waals surface area contributed by atoms with E-state index in [0.717, 1.165) is 13.1 Å². The summed E-state index contributed by atoms with van der Waals surface area (Å²) < 4.78 is 1.96. The number of nitrogens with one attached hydrogen (secondary N) is 1. The third-order valence-electron chi connectivity index (χ3n) is 3.61. The quantitative estimate of drug-likeness (QED) is 0.891. The van der Waals surface area contributed by atoms with Crippen molar-refractivity contribution in [3.05, 3.63) is 47.3 Å². The Morgan fingerprint density at radius 3 is 3.00 bits per heavy atom. The van der Waals surface area contributed by atoms with Crippen LogP contribution in [-0.2, 0) is 25.9 Å². The molecule has 1 heterocycles. The highest BCUT2D eigenvalue weighted by molar-refractivity contribution is 5.50. The van der Waals surface area contributed by atoms with Crippen molar-refractivity contribution in [1.29, 1.82) is 0 Å². The molecule has 3 nitrogen and oxygen atoms in total. The third kappa shape index (κ3) is 2.26. The largest absolute Gasteiger partial charge is 0.381 e. The van der Waals surface area contributed by atoms with Gasteiger partial charge in [0.2, 0.25) is 0 Å². The van der Waals surface area contributed by atoms with Gasteiger partial charge in [0, 0.05) is 30.5 Å². The van der Waals surface area contributed by atoms with E-state index >= 15 is 0 Å². The van der Waals surface area contributed by atoms with Crippen LogP contribution in [0.3, 0.4) is 0 Å². The number of anilines is 1. The molecule has 0 unspecified atom stereocenters. The second-order valence-corrected chi connectivity index (χ2v) is 4.89. The molecule has 3 heteroatoms. The van der Waals surface area contributed by atoms with Crippen molar-refractivity contribution in [3.63, 3.8) is 0 Å². The lowest BCUT2D eigenvalue weighted by Gasteiger charge is -2.07. The summed E-state index contributed by atoms with van der Waals surface area (Å²) in [5, 5.41) is 7.76. The highest BCUT2D eigenvalue weighted by Gasteiger charge is 2.10. The van der Waals surface area contributed by atoms with Crippen LogP contribution in [0.25, 0.3) is 0 Å². The Morgan fingerprint density at radius 2 is 2.17 bits per heavy atom. The molecule has 0 radical (unpaired) electrons. The third-order valence-corrected chi connectivity index (χ3v) is 3.61. The van der Waals surface area contributed by atoms with Gasteiger partial charge in [-0.15, -0.1) is 0 Å². The van der Waals surface area contributed by atoms with Gasteiger partial charge in [-0.3, -0.25) is 4.68 Å². The Hall–Kier alpha value is -1.77. The summed E-state index contributed by atoms with van der Waals surface area (Å²) in [5.41, 5.74) is 5.50. The maximum atomic E-state index is 4.28. The van der Waals surface area contributed by atoms with Crippen LogP contribution in [0.1, 0.15) is 30.0 Å². The molecular weight excluding hydrogens is 222 g/mol. The summed E-state index contributed by atoms with van der Waals surface area (Å²) in [6.45, 7) is 3.88. The minimum atomic E-state index is 0.846.